The van der Waals surface area contributed by atoms with Gasteiger partial charge in [0.25, 0.3) is 0 Å². The van der Waals surface area contributed by atoms with Crippen molar-refractivity contribution in [1.82, 2.24) is 5.32 Å². The van der Waals surface area contributed by atoms with Crippen LogP contribution in [0.4, 0.5) is 15.3 Å². The van der Waals surface area contributed by atoms with E-state index in [0.29, 0.717) is 12.3 Å². The standard InChI is InChI=1S/C18H18N2O4/c1-13-6-5-7-14(10-13)20-12-16(24-18(20)22)11-19-17(21)23-15-8-3-2-4-9-15/h2-10,16H,11-12H2,1H3,(H,19,21). The molecule has 124 valence electrons. The van der Waals surface area contributed by atoms with Crippen LogP contribution >= 0.6 is 0 Å². The molecular weight excluding hydrogens is 308 g/mol. The van der Waals surface area contributed by atoms with Gasteiger partial charge in [-0.05, 0) is 36.8 Å². The van der Waals surface area contributed by atoms with Crippen LogP contribution in [0.2, 0.25) is 0 Å². The van der Waals surface area contributed by atoms with E-state index in [4.69, 9.17) is 9.47 Å². The predicted molar refractivity (Wildman–Crippen MR) is 89.3 cm³/mol. The second-order valence-electron chi connectivity index (χ2n) is 5.54. The number of rotatable bonds is 4. The van der Waals surface area contributed by atoms with E-state index in [2.05, 4.69) is 5.32 Å². The van der Waals surface area contributed by atoms with Crippen LogP contribution in [-0.4, -0.2) is 31.4 Å². The second kappa shape index (κ2) is 7.04. The van der Waals surface area contributed by atoms with Gasteiger partial charge in [0.05, 0.1) is 13.1 Å². The Morgan fingerprint density at radius 1 is 1.25 bits per heavy atom. The van der Waals surface area contributed by atoms with E-state index in [1.807, 2.05) is 37.3 Å². The predicted octanol–water partition coefficient (Wildman–Crippen LogP) is 3.11. The first-order chi connectivity index (χ1) is 11.6. The summed E-state index contributed by atoms with van der Waals surface area (Å²) >= 11 is 0. The third kappa shape index (κ3) is 3.84. The zero-order valence-electron chi connectivity index (χ0n) is 13.3. The van der Waals surface area contributed by atoms with E-state index in [0.717, 1.165) is 11.3 Å². The molecule has 1 saturated heterocycles. The zero-order chi connectivity index (χ0) is 16.9. The Labute approximate surface area is 140 Å². The van der Waals surface area contributed by atoms with Crippen molar-refractivity contribution in [3.05, 3.63) is 60.2 Å². The molecule has 0 bridgehead atoms. The number of aryl methyl sites for hydroxylation is 1. The Kier molecular flexibility index (Phi) is 4.65. The molecule has 1 fully saturated rings. The average molecular weight is 326 g/mol. The van der Waals surface area contributed by atoms with Gasteiger partial charge in [-0.3, -0.25) is 4.90 Å². The number of ether oxygens (including phenoxy) is 2. The smallest absolute Gasteiger partial charge is 0.414 e. The number of benzene rings is 2. The number of para-hydroxylation sites is 1. The first kappa shape index (κ1) is 15.9. The van der Waals surface area contributed by atoms with Gasteiger partial charge in [0.1, 0.15) is 11.9 Å². The summed E-state index contributed by atoms with van der Waals surface area (Å²) in [6.07, 6.45) is -1.41. The van der Waals surface area contributed by atoms with E-state index < -0.39 is 18.3 Å². The first-order valence-electron chi connectivity index (χ1n) is 7.67. The third-order valence-electron chi connectivity index (χ3n) is 3.62. The molecule has 3 rings (SSSR count). The molecule has 6 heteroatoms. The average Bonchev–Trinajstić information content (AvgIpc) is 2.95. The van der Waals surface area contributed by atoms with Crippen LogP contribution in [0.1, 0.15) is 5.56 Å². The first-order valence-corrected chi connectivity index (χ1v) is 7.67. The van der Waals surface area contributed by atoms with Crippen molar-refractivity contribution in [3.8, 4) is 5.75 Å². The molecule has 24 heavy (non-hydrogen) atoms. The zero-order valence-corrected chi connectivity index (χ0v) is 13.3. The van der Waals surface area contributed by atoms with Crippen LogP contribution in [0.5, 0.6) is 5.75 Å². The Morgan fingerprint density at radius 2 is 2.04 bits per heavy atom. The van der Waals surface area contributed by atoms with Crippen molar-refractivity contribution in [1.29, 1.82) is 0 Å². The lowest BCUT2D eigenvalue weighted by Gasteiger charge is -2.13. The van der Waals surface area contributed by atoms with Gasteiger partial charge in [-0.15, -0.1) is 0 Å². The molecule has 1 heterocycles. The van der Waals surface area contributed by atoms with Gasteiger partial charge in [-0.25, -0.2) is 9.59 Å². The molecule has 0 aliphatic carbocycles. The highest BCUT2D eigenvalue weighted by atomic mass is 16.6. The fourth-order valence-corrected chi connectivity index (χ4v) is 2.46. The highest BCUT2D eigenvalue weighted by Gasteiger charge is 2.32. The summed E-state index contributed by atoms with van der Waals surface area (Å²) in [4.78, 5) is 25.3. The molecule has 2 amide bonds. The van der Waals surface area contributed by atoms with E-state index in [9.17, 15) is 9.59 Å². The lowest BCUT2D eigenvalue weighted by molar-refractivity contribution is 0.137. The number of nitrogens with zero attached hydrogens (tertiary/aromatic N) is 1. The van der Waals surface area contributed by atoms with Gasteiger partial charge in [0.2, 0.25) is 0 Å². The van der Waals surface area contributed by atoms with Gasteiger partial charge >= 0.3 is 12.2 Å². The van der Waals surface area contributed by atoms with Crippen molar-refractivity contribution in [2.75, 3.05) is 18.0 Å². The van der Waals surface area contributed by atoms with E-state index in [1.54, 1.807) is 29.2 Å². The Morgan fingerprint density at radius 3 is 2.79 bits per heavy atom. The molecule has 0 spiro atoms. The van der Waals surface area contributed by atoms with Crippen molar-refractivity contribution < 1.29 is 19.1 Å². The summed E-state index contributed by atoms with van der Waals surface area (Å²) < 4.78 is 10.4. The Bertz CT molecular complexity index is 733. The molecule has 1 aliphatic rings. The van der Waals surface area contributed by atoms with Crippen molar-refractivity contribution >= 4 is 17.9 Å². The highest BCUT2D eigenvalue weighted by Crippen LogP contribution is 2.22. The number of cyclic esters (lactones) is 1. The van der Waals surface area contributed by atoms with E-state index in [1.165, 1.54) is 0 Å². The lowest BCUT2D eigenvalue weighted by Crippen LogP contribution is -2.36. The maximum Gasteiger partial charge on any atom is 0.414 e. The molecule has 0 radical (unpaired) electrons. The molecule has 1 N–H and O–H groups in total. The molecule has 2 aromatic carbocycles. The van der Waals surface area contributed by atoms with Gasteiger partial charge in [0, 0.05) is 5.69 Å². The number of hydrogen-bond donors (Lipinski definition) is 1. The van der Waals surface area contributed by atoms with Crippen LogP contribution in [0.25, 0.3) is 0 Å². The van der Waals surface area contributed by atoms with Crippen molar-refractivity contribution in [2.45, 2.75) is 13.0 Å². The molecule has 6 nitrogen and oxygen atoms in total. The molecule has 1 atom stereocenters. The summed E-state index contributed by atoms with van der Waals surface area (Å²) in [6, 6.07) is 16.4. The fourth-order valence-electron chi connectivity index (χ4n) is 2.46. The minimum atomic E-state index is -0.578. The van der Waals surface area contributed by atoms with Gasteiger partial charge in [-0.1, -0.05) is 30.3 Å². The topological polar surface area (TPSA) is 67.9 Å². The van der Waals surface area contributed by atoms with E-state index >= 15 is 0 Å². The molecule has 1 unspecified atom stereocenters. The Balaban J connectivity index is 1.52. The maximum absolute atomic E-state index is 12.0. The van der Waals surface area contributed by atoms with Crippen LogP contribution in [0, 0.1) is 6.92 Å². The second-order valence-corrected chi connectivity index (χ2v) is 5.54. The summed E-state index contributed by atoms with van der Waals surface area (Å²) in [7, 11) is 0. The number of carbonyl (C=O) groups is 2. The number of nitrogens with one attached hydrogen (secondary N) is 1. The number of hydrogen-bond acceptors (Lipinski definition) is 4. The third-order valence-corrected chi connectivity index (χ3v) is 3.62. The highest BCUT2D eigenvalue weighted by molar-refractivity contribution is 5.89. The monoisotopic (exact) mass is 326 g/mol. The maximum atomic E-state index is 12.0. The number of amides is 2. The molecule has 0 aromatic heterocycles. The van der Waals surface area contributed by atoms with Crippen LogP contribution < -0.4 is 15.0 Å². The number of carbonyl (C=O) groups excluding carboxylic acids is 2. The normalized spacial score (nSPS) is 16.6. The molecular formula is C18H18N2O4. The summed E-state index contributed by atoms with van der Waals surface area (Å²) in [5.41, 5.74) is 1.85. The summed E-state index contributed by atoms with van der Waals surface area (Å²) in [6.45, 7) is 2.54. The largest absolute Gasteiger partial charge is 0.442 e. The fraction of sp³-hybridized carbons (Fsp3) is 0.222. The number of anilines is 1. The summed E-state index contributed by atoms with van der Waals surface area (Å²) in [5, 5.41) is 2.61. The lowest BCUT2D eigenvalue weighted by atomic mass is 10.2. The molecule has 2 aromatic rings. The molecule has 1 aliphatic heterocycles. The van der Waals surface area contributed by atoms with Crippen molar-refractivity contribution in [2.24, 2.45) is 0 Å². The summed E-state index contributed by atoms with van der Waals surface area (Å²) in [5.74, 6) is 0.458. The van der Waals surface area contributed by atoms with Crippen LogP contribution in [-0.2, 0) is 4.74 Å². The minimum Gasteiger partial charge on any atom is -0.442 e. The quantitative estimate of drug-likeness (QED) is 0.937. The Hall–Kier alpha value is -3.02. The van der Waals surface area contributed by atoms with Gasteiger partial charge < -0.3 is 14.8 Å². The minimum absolute atomic E-state index is 0.194. The van der Waals surface area contributed by atoms with Crippen molar-refractivity contribution in [3.63, 3.8) is 0 Å². The van der Waals surface area contributed by atoms with E-state index in [-0.39, 0.29) is 6.54 Å². The SMILES string of the molecule is Cc1cccc(N2CC(CNC(=O)Oc3ccccc3)OC2=O)c1. The van der Waals surface area contributed by atoms with Crippen LogP contribution in [0.3, 0.4) is 0 Å². The molecule has 0 saturated carbocycles. The van der Waals surface area contributed by atoms with Gasteiger partial charge in [0.15, 0.2) is 0 Å². The van der Waals surface area contributed by atoms with Crippen LogP contribution in [0.15, 0.2) is 54.6 Å². The van der Waals surface area contributed by atoms with Gasteiger partial charge in [-0.2, -0.15) is 0 Å².